The van der Waals surface area contributed by atoms with E-state index in [9.17, 15) is 4.79 Å². The van der Waals surface area contributed by atoms with Gasteiger partial charge in [0.1, 0.15) is 0 Å². The van der Waals surface area contributed by atoms with Crippen LogP contribution in [-0.2, 0) is 6.54 Å². The first kappa shape index (κ1) is 21.8. The topological polar surface area (TPSA) is 125 Å². The average Bonchev–Trinajstić information content (AvgIpc) is 3.01. The SMILES string of the molecule is CCOc1cc(CNCCNC(=O)c2nonc2N)cc(Cl)c1OC.Cl. The molecule has 0 saturated heterocycles. The van der Waals surface area contributed by atoms with Crippen molar-refractivity contribution in [3.63, 3.8) is 0 Å². The summed E-state index contributed by atoms with van der Waals surface area (Å²) >= 11 is 6.20. The third kappa shape index (κ3) is 5.65. The summed E-state index contributed by atoms with van der Waals surface area (Å²) in [7, 11) is 1.54. The highest BCUT2D eigenvalue weighted by Crippen LogP contribution is 2.36. The lowest BCUT2D eigenvalue weighted by atomic mass is 10.2. The van der Waals surface area contributed by atoms with Crippen molar-refractivity contribution in [3.05, 3.63) is 28.4 Å². The van der Waals surface area contributed by atoms with Crippen molar-refractivity contribution in [3.8, 4) is 11.5 Å². The summed E-state index contributed by atoms with van der Waals surface area (Å²) in [5.74, 6) is 0.628. The fourth-order valence-electron chi connectivity index (χ4n) is 2.12. The second kappa shape index (κ2) is 10.7. The molecule has 0 spiro atoms. The van der Waals surface area contributed by atoms with Gasteiger partial charge in [-0.05, 0) is 34.9 Å². The van der Waals surface area contributed by atoms with Crippen LogP contribution >= 0.6 is 24.0 Å². The van der Waals surface area contributed by atoms with Gasteiger partial charge in [0, 0.05) is 19.6 Å². The minimum absolute atomic E-state index is 0. The van der Waals surface area contributed by atoms with E-state index < -0.39 is 5.91 Å². The van der Waals surface area contributed by atoms with E-state index in [-0.39, 0.29) is 23.9 Å². The van der Waals surface area contributed by atoms with Gasteiger partial charge in [-0.15, -0.1) is 12.4 Å². The van der Waals surface area contributed by atoms with Gasteiger partial charge in [0.25, 0.3) is 5.91 Å². The normalized spacial score (nSPS) is 10.1. The molecule has 4 N–H and O–H groups in total. The van der Waals surface area contributed by atoms with Crippen molar-refractivity contribution in [2.24, 2.45) is 0 Å². The lowest BCUT2D eigenvalue weighted by Crippen LogP contribution is -2.32. The van der Waals surface area contributed by atoms with Crippen LogP contribution in [0.3, 0.4) is 0 Å². The zero-order valence-corrected chi connectivity index (χ0v) is 15.9. The Labute approximate surface area is 161 Å². The molecule has 0 bridgehead atoms. The van der Waals surface area contributed by atoms with Gasteiger partial charge in [-0.3, -0.25) is 4.79 Å². The van der Waals surface area contributed by atoms with Crippen LogP contribution in [0, 0.1) is 0 Å². The molecule has 0 radical (unpaired) electrons. The molecule has 1 aromatic carbocycles. The van der Waals surface area contributed by atoms with Crippen LogP contribution < -0.4 is 25.8 Å². The first-order valence-electron chi connectivity index (χ1n) is 7.63. The Morgan fingerprint density at radius 2 is 2.12 bits per heavy atom. The quantitative estimate of drug-likeness (QED) is 0.537. The smallest absolute Gasteiger partial charge is 0.277 e. The third-order valence-corrected chi connectivity index (χ3v) is 3.50. The largest absolute Gasteiger partial charge is 0.491 e. The number of carbonyl (C=O) groups is 1. The molecule has 2 rings (SSSR count). The number of hydrogen-bond donors (Lipinski definition) is 3. The van der Waals surface area contributed by atoms with Gasteiger partial charge in [0.2, 0.25) is 11.5 Å². The lowest BCUT2D eigenvalue weighted by molar-refractivity contribution is 0.0944. The first-order valence-corrected chi connectivity index (χ1v) is 8.00. The molecule has 1 heterocycles. The number of anilines is 1. The van der Waals surface area contributed by atoms with Crippen LogP contribution in [0.5, 0.6) is 11.5 Å². The highest BCUT2D eigenvalue weighted by Gasteiger charge is 2.15. The molecule has 1 amide bonds. The molecule has 26 heavy (non-hydrogen) atoms. The zero-order chi connectivity index (χ0) is 18.2. The fourth-order valence-corrected chi connectivity index (χ4v) is 2.43. The number of benzene rings is 1. The van der Waals surface area contributed by atoms with Gasteiger partial charge in [0.15, 0.2) is 11.5 Å². The first-order chi connectivity index (χ1) is 12.1. The highest BCUT2D eigenvalue weighted by molar-refractivity contribution is 6.32. The average molecular weight is 406 g/mol. The molecule has 0 fully saturated rings. The minimum atomic E-state index is -0.438. The number of nitrogens with two attached hydrogens (primary N) is 1. The number of nitrogens with zero attached hydrogens (tertiary/aromatic N) is 2. The number of methoxy groups -OCH3 is 1. The molecule has 0 aliphatic rings. The maximum Gasteiger partial charge on any atom is 0.277 e. The van der Waals surface area contributed by atoms with Gasteiger partial charge >= 0.3 is 0 Å². The van der Waals surface area contributed by atoms with Crippen molar-refractivity contribution in [2.45, 2.75) is 13.5 Å². The molecular formula is C15H21Cl2N5O4. The fraction of sp³-hybridized carbons (Fsp3) is 0.400. The lowest BCUT2D eigenvalue weighted by Gasteiger charge is -2.13. The number of carbonyl (C=O) groups excluding carboxylic acids is 1. The number of amides is 1. The second-order valence-corrected chi connectivity index (χ2v) is 5.38. The molecule has 11 heteroatoms. The van der Waals surface area contributed by atoms with Crippen LogP contribution in [0.4, 0.5) is 5.82 Å². The molecule has 0 aliphatic carbocycles. The Morgan fingerprint density at radius 1 is 1.35 bits per heavy atom. The Kier molecular flexibility index (Phi) is 8.97. The van der Waals surface area contributed by atoms with Crippen LogP contribution in [0.15, 0.2) is 16.8 Å². The summed E-state index contributed by atoms with van der Waals surface area (Å²) in [6.45, 7) is 3.86. The molecule has 0 aliphatic heterocycles. The molecule has 0 saturated carbocycles. The molecule has 2 aromatic rings. The van der Waals surface area contributed by atoms with Crippen LogP contribution in [0.1, 0.15) is 23.0 Å². The van der Waals surface area contributed by atoms with Gasteiger partial charge in [-0.1, -0.05) is 11.6 Å². The summed E-state index contributed by atoms with van der Waals surface area (Å²) in [5, 5.41) is 13.1. The molecule has 1 aromatic heterocycles. The minimum Gasteiger partial charge on any atom is -0.491 e. The zero-order valence-electron chi connectivity index (χ0n) is 14.4. The second-order valence-electron chi connectivity index (χ2n) is 4.97. The number of hydrogen-bond acceptors (Lipinski definition) is 8. The predicted molar refractivity (Wildman–Crippen MR) is 99.2 cm³/mol. The van der Waals surface area contributed by atoms with E-state index in [0.29, 0.717) is 42.8 Å². The standard InChI is InChI=1S/C15H20ClN5O4.ClH/c1-3-24-11-7-9(6-10(16)13(11)23-2)8-18-4-5-19-15(22)12-14(17)21-25-20-12;/h6-7,18H,3-5,8H2,1-2H3,(H2,17,21)(H,19,22);1H. The van der Waals surface area contributed by atoms with Crippen LogP contribution in [0.25, 0.3) is 0 Å². The number of ether oxygens (including phenoxy) is 2. The molecular weight excluding hydrogens is 385 g/mol. The van der Waals surface area contributed by atoms with Crippen molar-refractivity contribution in [1.82, 2.24) is 20.9 Å². The van der Waals surface area contributed by atoms with Crippen molar-refractivity contribution in [1.29, 1.82) is 0 Å². The Balaban J connectivity index is 0.00000338. The maximum absolute atomic E-state index is 11.8. The third-order valence-electron chi connectivity index (χ3n) is 3.22. The van der Waals surface area contributed by atoms with E-state index in [1.54, 1.807) is 13.2 Å². The highest BCUT2D eigenvalue weighted by atomic mass is 35.5. The van der Waals surface area contributed by atoms with Crippen molar-refractivity contribution < 1.29 is 18.9 Å². The Bertz CT molecular complexity index is 726. The van der Waals surface area contributed by atoms with Crippen molar-refractivity contribution in [2.75, 3.05) is 32.5 Å². The van der Waals surface area contributed by atoms with E-state index in [1.165, 1.54) is 0 Å². The number of aromatic nitrogens is 2. The summed E-state index contributed by atoms with van der Waals surface area (Å²) in [5.41, 5.74) is 6.36. The van der Waals surface area contributed by atoms with E-state index in [2.05, 4.69) is 25.6 Å². The molecule has 144 valence electrons. The summed E-state index contributed by atoms with van der Waals surface area (Å²) < 4.78 is 15.2. The number of rotatable bonds is 9. The van der Waals surface area contributed by atoms with E-state index in [1.807, 2.05) is 13.0 Å². The van der Waals surface area contributed by atoms with Gasteiger partial charge in [-0.25, -0.2) is 4.63 Å². The van der Waals surface area contributed by atoms with Crippen LogP contribution in [-0.4, -0.2) is 43.0 Å². The van der Waals surface area contributed by atoms with Crippen LogP contribution in [0.2, 0.25) is 5.02 Å². The van der Waals surface area contributed by atoms with Gasteiger partial charge in [0.05, 0.1) is 18.7 Å². The number of nitrogens with one attached hydrogen (secondary N) is 2. The predicted octanol–water partition coefficient (Wildman–Crippen LogP) is 1.65. The summed E-state index contributed by atoms with van der Waals surface area (Å²) in [4.78, 5) is 11.8. The summed E-state index contributed by atoms with van der Waals surface area (Å²) in [6.07, 6.45) is 0. The Morgan fingerprint density at radius 3 is 2.73 bits per heavy atom. The Hall–Kier alpha value is -2.23. The monoisotopic (exact) mass is 405 g/mol. The maximum atomic E-state index is 11.8. The molecule has 0 atom stereocenters. The van der Waals surface area contributed by atoms with E-state index in [0.717, 1.165) is 5.56 Å². The number of nitrogen functional groups attached to an aromatic ring is 1. The molecule has 9 nitrogen and oxygen atoms in total. The van der Waals surface area contributed by atoms with Crippen molar-refractivity contribution >= 4 is 35.7 Å². The molecule has 0 unspecified atom stereocenters. The number of halogens is 2. The van der Waals surface area contributed by atoms with Gasteiger partial charge in [-0.2, -0.15) is 0 Å². The summed E-state index contributed by atoms with van der Waals surface area (Å²) in [6, 6.07) is 3.66. The van der Waals surface area contributed by atoms with Gasteiger partial charge < -0.3 is 25.8 Å². The van der Waals surface area contributed by atoms with E-state index in [4.69, 9.17) is 26.8 Å². The van der Waals surface area contributed by atoms with E-state index >= 15 is 0 Å².